The zero-order chi connectivity index (χ0) is 23.7. The third-order valence-electron chi connectivity index (χ3n) is 5.68. The maximum atomic E-state index is 13.0. The van der Waals surface area contributed by atoms with Gasteiger partial charge in [0.1, 0.15) is 17.3 Å². The van der Waals surface area contributed by atoms with E-state index in [9.17, 15) is 9.59 Å². The van der Waals surface area contributed by atoms with Crippen LogP contribution in [0, 0.1) is 6.92 Å². The highest BCUT2D eigenvalue weighted by atomic mass is 16.2. The SMILES string of the molecule is Cc1cnn(CCNC(=O)[C@@H]2CCCN2c2nc(Nc3cc(C(N)=O)[nH]n3)c3cccn3n2)c1. The molecule has 0 unspecified atom stereocenters. The molecule has 1 aliphatic rings. The van der Waals surface area contributed by atoms with Crippen molar-refractivity contribution in [2.24, 2.45) is 5.73 Å². The molecular weight excluding hydrogens is 438 g/mol. The second-order valence-electron chi connectivity index (χ2n) is 8.18. The van der Waals surface area contributed by atoms with Gasteiger partial charge in [-0.1, -0.05) is 0 Å². The van der Waals surface area contributed by atoms with E-state index in [1.54, 1.807) is 10.7 Å². The van der Waals surface area contributed by atoms with Crippen molar-refractivity contribution in [2.75, 3.05) is 23.3 Å². The molecule has 5 N–H and O–H groups in total. The molecule has 4 aromatic rings. The highest BCUT2D eigenvalue weighted by molar-refractivity contribution is 5.92. The van der Waals surface area contributed by atoms with E-state index in [1.807, 2.05) is 41.0 Å². The van der Waals surface area contributed by atoms with E-state index in [2.05, 4.69) is 36.0 Å². The highest BCUT2D eigenvalue weighted by Crippen LogP contribution is 2.26. The number of aromatic nitrogens is 7. The molecule has 0 saturated carbocycles. The van der Waals surface area contributed by atoms with Crippen LogP contribution in [0.1, 0.15) is 28.9 Å². The number of nitrogens with two attached hydrogens (primary N) is 1. The maximum Gasteiger partial charge on any atom is 0.266 e. The number of H-pyrrole nitrogens is 1. The molecule has 5 rings (SSSR count). The Morgan fingerprint density at radius 1 is 1.35 bits per heavy atom. The van der Waals surface area contributed by atoms with Gasteiger partial charge >= 0.3 is 0 Å². The number of carbonyl (C=O) groups is 2. The minimum absolute atomic E-state index is 0.0644. The maximum absolute atomic E-state index is 13.0. The lowest BCUT2D eigenvalue weighted by molar-refractivity contribution is -0.122. The fourth-order valence-corrected chi connectivity index (χ4v) is 4.05. The molecule has 13 nitrogen and oxygen atoms in total. The van der Waals surface area contributed by atoms with Crippen molar-refractivity contribution < 1.29 is 9.59 Å². The van der Waals surface area contributed by atoms with Crippen molar-refractivity contribution in [1.82, 2.24) is 39.9 Å². The molecule has 0 bridgehead atoms. The number of primary amides is 1. The van der Waals surface area contributed by atoms with E-state index >= 15 is 0 Å². The van der Waals surface area contributed by atoms with E-state index < -0.39 is 5.91 Å². The number of anilines is 3. The first-order valence-corrected chi connectivity index (χ1v) is 11.0. The Hall–Kier alpha value is -4.42. The number of amides is 2. The zero-order valence-electron chi connectivity index (χ0n) is 18.6. The quantitative estimate of drug-likeness (QED) is 0.295. The van der Waals surface area contributed by atoms with Crippen LogP contribution in [0.3, 0.4) is 0 Å². The number of fused-ring (bicyclic) bond motifs is 1. The molecular formula is C21H25N11O2. The van der Waals surface area contributed by atoms with Gasteiger partial charge in [0, 0.05) is 31.5 Å². The minimum Gasteiger partial charge on any atom is -0.364 e. The predicted octanol–water partition coefficient (Wildman–Crippen LogP) is 0.585. The van der Waals surface area contributed by atoms with Crippen LogP contribution < -0.4 is 21.3 Å². The monoisotopic (exact) mass is 463 g/mol. The number of nitrogens with zero attached hydrogens (tertiary/aromatic N) is 7. The van der Waals surface area contributed by atoms with Gasteiger partial charge in [-0.05, 0) is 37.5 Å². The van der Waals surface area contributed by atoms with Gasteiger partial charge in [-0.2, -0.15) is 15.2 Å². The van der Waals surface area contributed by atoms with Crippen molar-refractivity contribution >= 4 is 34.9 Å². The first-order valence-electron chi connectivity index (χ1n) is 11.0. The largest absolute Gasteiger partial charge is 0.364 e. The summed E-state index contributed by atoms with van der Waals surface area (Å²) in [6.07, 6.45) is 7.10. The van der Waals surface area contributed by atoms with Crippen LogP contribution >= 0.6 is 0 Å². The summed E-state index contributed by atoms with van der Waals surface area (Å²) in [5.74, 6) is 0.650. The van der Waals surface area contributed by atoms with Gasteiger partial charge in [-0.15, -0.1) is 5.10 Å². The smallest absolute Gasteiger partial charge is 0.266 e. The molecule has 13 heteroatoms. The van der Waals surface area contributed by atoms with Crippen molar-refractivity contribution in [3.63, 3.8) is 0 Å². The third-order valence-corrected chi connectivity index (χ3v) is 5.68. The van der Waals surface area contributed by atoms with Crippen molar-refractivity contribution in [3.05, 3.63) is 48.0 Å². The van der Waals surface area contributed by atoms with E-state index in [-0.39, 0.29) is 17.6 Å². The van der Waals surface area contributed by atoms with Gasteiger partial charge in [0.15, 0.2) is 11.6 Å². The Bertz CT molecular complexity index is 1340. The molecule has 1 atom stereocenters. The molecule has 0 aliphatic carbocycles. The normalized spacial score (nSPS) is 15.7. The molecule has 5 heterocycles. The van der Waals surface area contributed by atoms with Gasteiger partial charge in [-0.25, -0.2) is 4.52 Å². The molecule has 2 amide bonds. The van der Waals surface area contributed by atoms with Gasteiger partial charge in [0.25, 0.3) is 5.91 Å². The molecule has 1 saturated heterocycles. The Morgan fingerprint density at radius 2 is 2.24 bits per heavy atom. The highest BCUT2D eigenvalue weighted by Gasteiger charge is 2.33. The molecule has 0 spiro atoms. The predicted molar refractivity (Wildman–Crippen MR) is 124 cm³/mol. The fraction of sp³-hybridized carbons (Fsp3) is 0.333. The van der Waals surface area contributed by atoms with Crippen LogP contribution in [-0.4, -0.2) is 65.5 Å². The summed E-state index contributed by atoms with van der Waals surface area (Å²) in [5, 5.41) is 21.6. The summed E-state index contributed by atoms with van der Waals surface area (Å²) in [6.45, 7) is 3.72. The molecule has 4 aromatic heterocycles. The van der Waals surface area contributed by atoms with Crippen molar-refractivity contribution in [3.8, 4) is 0 Å². The standard InChI is InChI=1S/C21H25N11O2/c1-13-11-24-30(12-13)9-6-23-20(34)16-5-2-7-31(16)21-26-19(15-4-3-8-32(15)29-21)25-17-10-14(18(22)33)27-28-17/h3-4,8,10-12,16H,2,5-7,9H2,1H3,(H2,22,33)(H,23,34)(H2,25,26,27,28,29)/t16-/m0/s1. The van der Waals surface area contributed by atoms with E-state index in [4.69, 9.17) is 5.73 Å². The summed E-state index contributed by atoms with van der Waals surface area (Å²) < 4.78 is 3.50. The van der Waals surface area contributed by atoms with Gasteiger partial charge in [0.2, 0.25) is 11.9 Å². The van der Waals surface area contributed by atoms with Crippen molar-refractivity contribution in [2.45, 2.75) is 32.4 Å². The van der Waals surface area contributed by atoms with E-state index in [1.165, 1.54) is 6.07 Å². The van der Waals surface area contributed by atoms with Crippen molar-refractivity contribution in [1.29, 1.82) is 0 Å². The van der Waals surface area contributed by atoms with Gasteiger partial charge in [-0.3, -0.25) is 19.4 Å². The average Bonchev–Trinajstić information content (AvgIpc) is 3.60. The van der Waals surface area contributed by atoms with Gasteiger partial charge in [0.05, 0.1) is 12.7 Å². The Morgan fingerprint density at radius 3 is 3.00 bits per heavy atom. The first kappa shape index (κ1) is 21.4. The summed E-state index contributed by atoms with van der Waals surface area (Å²) >= 11 is 0. The number of aromatic amines is 1. The summed E-state index contributed by atoms with van der Waals surface area (Å²) in [4.78, 5) is 30.9. The Kier molecular flexibility index (Phi) is 5.57. The Labute approximate surface area is 194 Å². The van der Waals surface area contributed by atoms with E-state index in [0.29, 0.717) is 43.6 Å². The van der Waals surface area contributed by atoms with Crippen LogP contribution in [0.15, 0.2) is 36.8 Å². The van der Waals surface area contributed by atoms with Crippen LogP contribution in [0.5, 0.6) is 0 Å². The van der Waals surface area contributed by atoms with E-state index in [0.717, 1.165) is 17.5 Å². The van der Waals surface area contributed by atoms with Crippen LogP contribution in [-0.2, 0) is 11.3 Å². The second kappa shape index (κ2) is 8.84. The molecule has 1 fully saturated rings. The number of hydrogen-bond acceptors (Lipinski definition) is 8. The molecule has 176 valence electrons. The summed E-state index contributed by atoms with van der Waals surface area (Å²) in [6, 6.07) is 4.85. The fourth-order valence-electron chi connectivity index (χ4n) is 4.05. The number of hydrogen-bond donors (Lipinski definition) is 4. The lowest BCUT2D eigenvalue weighted by Crippen LogP contribution is -2.45. The lowest BCUT2D eigenvalue weighted by Gasteiger charge is -2.24. The summed E-state index contributed by atoms with van der Waals surface area (Å²) in [5.41, 5.74) is 7.29. The van der Waals surface area contributed by atoms with Crippen LogP contribution in [0.4, 0.5) is 17.6 Å². The second-order valence-corrected chi connectivity index (χ2v) is 8.18. The molecule has 34 heavy (non-hydrogen) atoms. The molecule has 0 radical (unpaired) electrons. The topological polar surface area (TPSA) is 164 Å². The lowest BCUT2D eigenvalue weighted by atomic mass is 10.2. The zero-order valence-corrected chi connectivity index (χ0v) is 18.6. The number of rotatable bonds is 8. The first-order chi connectivity index (χ1) is 16.5. The number of nitrogens with one attached hydrogen (secondary N) is 3. The third kappa shape index (κ3) is 4.27. The Balaban J connectivity index is 1.33. The number of carbonyl (C=O) groups excluding carboxylic acids is 2. The molecule has 1 aliphatic heterocycles. The molecule has 0 aromatic carbocycles. The van der Waals surface area contributed by atoms with Gasteiger partial charge < -0.3 is 21.3 Å². The van der Waals surface area contributed by atoms with Crippen LogP contribution in [0.25, 0.3) is 5.52 Å². The van der Waals surface area contributed by atoms with Crippen LogP contribution in [0.2, 0.25) is 0 Å². The average molecular weight is 464 g/mol. The number of aryl methyl sites for hydroxylation is 1. The summed E-state index contributed by atoms with van der Waals surface area (Å²) in [7, 11) is 0. The minimum atomic E-state index is -0.606.